The minimum absolute atomic E-state index is 0.125. The van der Waals surface area contributed by atoms with E-state index in [1.54, 1.807) is 14.2 Å². The topological polar surface area (TPSA) is 68.8 Å². The van der Waals surface area contributed by atoms with Crippen LogP contribution in [0.5, 0.6) is 0 Å². The van der Waals surface area contributed by atoms with Gasteiger partial charge >= 0.3 is 0 Å². The third-order valence-corrected chi connectivity index (χ3v) is 1.35. The fourth-order valence-electron chi connectivity index (χ4n) is 0.669. The zero-order chi connectivity index (χ0) is 10.6. The lowest BCUT2D eigenvalue weighted by atomic mass is 10.5. The summed E-state index contributed by atoms with van der Waals surface area (Å²) in [6.07, 6.45) is 0. The molecule has 0 aliphatic heterocycles. The van der Waals surface area contributed by atoms with E-state index in [1.807, 2.05) is 0 Å². The number of carbonyl (C=O) groups is 1. The first-order valence-electron chi connectivity index (χ1n) is 4.40. The number of nitrogens with one attached hydrogen (secondary N) is 2. The van der Waals surface area contributed by atoms with E-state index in [4.69, 9.17) is 14.3 Å². The van der Waals surface area contributed by atoms with Crippen molar-refractivity contribution < 1.29 is 19.1 Å². The Labute approximate surface area is 83.8 Å². The molecule has 0 bridgehead atoms. The van der Waals surface area contributed by atoms with E-state index in [9.17, 15) is 4.79 Å². The summed E-state index contributed by atoms with van der Waals surface area (Å²) < 4.78 is 9.51. The van der Waals surface area contributed by atoms with Gasteiger partial charge in [0.2, 0.25) is 5.91 Å². The molecule has 0 aliphatic rings. The quantitative estimate of drug-likeness (QED) is 0.371. The molecule has 1 amide bonds. The summed E-state index contributed by atoms with van der Waals surface area (Å²) in [7, 11) is 3.17. The average Bonchev–Trinajstić information content (AvgIpc) is 2.18. The Morgan fingerprint density at radius 3 is 2.50 bits per heavy atom. The Kier molecular flexibility index (Phi) is 9.88. The molecule has 0 saturated carbocycles. The lowest BCUT2D eigenvalue weighted by Crippen LogP contribution is -2.36. The molecule has 0 fully saturated rings. The van der Waals surface area contributed by atoms with Crippen LogP contribution in [0.3, 0.4) is 0 Å². The van der Waals surface area contributed by atoms with Gasteiger partial charge in [0.15, 0.2) is 0 Å². The first-order chi connectivity index (χ1) is 6.81. The van der Waals surface area contributed by atoms with Crippen LogP contribution in [-0.2, 0) is 19.1 Å². The van der Waals surface area contributed by atoms with Crippen molar-refractivity contribution in [1.29, 1.82) is 0 Å². The molecule has 6 nitrogen and oxygen atoms in total. The molecule has 2 N–H and O–H groups in total. The van der Waals surface area contributed by atoms with Crippen LogP contribution in [0, 0.1) is 0 Å². The highest BCUT2D eigenvalue weighted by molar-refractivity contribution is 5.77. The van der Waals surface area contributed by atoms with Crippen LogP contribution in [0.25, 0.3) is 0 Å². The van der Waals surface area contributed by atoms with Crippen LogP contribution in [0.4, 0.5) is 0 Å². The van der Waals surface area contributed by atoms with Gasteiger partial charge in [-0.1, -0.05) is 0 Å². The molecular formula is C8H18N2O4. The molecule has 14 heavy (non-hydrogen) atoms. The Morgan fingerprint density at radius 1 is 1.14 bits per heavy atom. The van der Waals surface area contributed by atoms with E-state index in [0.29, 0.717) is 26.4 Å². The molecule has 0 atom stereocenters. The minimum Gasteiger partial charge on any atom is -0.383 e. The zero-order valence-corrected chi connectivity index (χ0v) is 8.67. The predicted octanol–water partition coefficient (Wildman–Crippen LogP) is -1.08. The molecule has 0 radical (unpaired) electrons. The Morgan fingerprint density at radius 2 is 1.86 bits per heavy atom. The second kappa shape index (κ2) is 10.4. The summed E-state index contributed by atoms with van der Waals surface area (Å²) in [5, 5.41) is 2.64. The van der Waals surface area contributed by atoms with Crippen LogP contribution >= 0.6 is 0 Å². The normalized spacial score (nSPS) is 10.1. The van der Waals surface area contributed by atoms with Crippen LogP contribution < -0.4 is 10.8 Å². The van der Waals surface area contributed by atoms with Gasteiger partial charge in [0.1, 0.15) is 0 Å². The lowest BCUT2D eigenvalue weighted by Gasteiger charge is -2.06. The third kappa shape index (κ3) is 9.40. The van der Waals surface area contributed by atoms with Gasteiger partial charge in [0.25, 0.3) is 0 Å². The number of hydrogen-bond donors (Lipinski definition) is 2. The Hall–Kier alpha value is -0.690. The molecule has 0 aromatic carbocycles. The lowest BCUT2D eigenvalue weighted by molar-refractivity contribution is -0.123. The summed E-state index contributed by atoms with van der Waals surface area (Å²) >= 11 is 0. The average molecular weight is 206 g/mol. The van der Waals surface area contributed by atoms with Crippen molar-refractivity contribution >= 4 is 5.91 Å². The molecular weight excluding hydrogens is 188 g/mol. The van der Waals surface area contributed by atoms with Crippen molar-refractivity contribution in [2.24, 2.45) is 0 Å². The summed E-state index contributed by atoms with van der Waals surface area (Å²) in [5.41, 5.74) is 2.51. The monoisotopic (exact) mass is 206 g/mol. The molecule has 0 unspecified atom stereocenters. The molecule has 84 valence electrons. The Bertz CT molecular complexity index is 143. The van der Waals surface area contributed by atoms with Crippen LogP contribution in [-0.4, -0.2) is 53.0 Å². The maximum Gasteiger partial charge on any atom is 0.236 e. The van der Waals surface area contributed by atoms with E-state index in [2.05, 4.69) is 10.8 Å². The second-order valence-corrected chi connectivity index (χ2v) is 2.51. The van der Waals surface area contributed by atoms with Crippen LogP contribution in [0.1, 0.15) is 0 Å². The second-order valence-electron chi connectivity index (χ2n) is 2.51. The van der Waals surface area contributed by atoms with E-state index in [0.717, 1.165) is 0 Å². The SMILES string of the molecule is COCCNC(=O)CNOCCOC. The van der Waals surface area contributed by atoms with Gasteiger partial charge in [0, 0.05) is 20.8 Å². The maximum absolute atomic E-state index is 11.0. The smallest absolute Gasteiger partial charge is 0.236 e. The van der Waals surface area contributed by atoms with Gasteiger partial charge in [-0.25, -0.2) is 0 Å². The highest BCUT2D eigenvalue weighted by atomic mass is 16.7. The first-order valence-corrected chi connectivity index (χ1v) is 4.40. The number of hydroxylamine groups is 1. The van der Waals surface area contributed by atoms with Gasteiger partial charge < -0.3 is 14.8 Å². The highest BCUT2D eigenvalue weighted by Crippen LogP contribution is 1.71. The predicted molar refractivity (Wildman–Crippen MR) is 50.7 cm³/mol. The fourth-order valence-corrected chi connectivity index (χ4v) is 0.669. The zero-order valence-electron chi connectivity index (χ0n) is 8.67. The number of methoxy groups -OCH3 is 2. The van der Waals surface area contributed by atoms with E-state index >= 15 is 0 Å². The van der Waals surface area contributed by atoms with Gasteiger partial charge in [-0.15, -0.1) is 0 Å². The minimum atomic E-state index is -0.125. The molecule has 0 aromatic heterocycles. The summed E-state index contributed by atoms with van der Waals surface area (Å²) in [6, 6.07) is 0. The molecule has 0 aliphatic carbocycles. The van der Waals surface area contributed by atoms with E-state index in [-0.39, 0.29) is 12.5 Å². The van der Waals surface area contributed by atoms with Gasteiger partial charge in [-0.3, -0.25) is 9.63 Å². The third-order valence-electron chi connectivity index (χ3n) is 1.35. The van der Waals surface area contributed by atoms with Crippen LogP contribution in [0.2, 0.25) is 0 Å². The fraction of sp³-hybridized carbons (Fsp3) is 0.875. The van der Waals surface area contributed by atoms with E-state index in [1.165, 1.54) is 0 Å². The van der Waals surface area contributed by atoms with Gasteiger partial charge in [0.05, 0.1) is 26.4 Å². The van der Waals surface area contributed by atoms with Gasteiger partial charge in [-0.2, -0.15) is 5.48 Å². The number of ether oxygens (including phenoxy) is 2. The molecule has 0 heterocycles. The van der Waals surface area contributed by atoms with E-state index < -0.39 is 0 Å². The van der Waals surface area contributed by atoms with Crippen molar-refractivity contribution in [2.45, 2.75) is 0 Å². The van der Waals surface area contributed by atoms with Crippen molar-refractivity contribution in [1.82, 2.24) is 10.8 Å². The number of carbonyl (C=O) groups excluding carboxylic acids is 1. The van der Waals surface area contributed by atoms with Crippen molar-refractivity contribution in [2.75, 3.05) is 47.1 Å². The molecule has 0 rings (SSSR count). The highest BCUT2D eigenvalue weighted by Gasteiger charge is 1.98. The summed E-state index contributed by atoms with van der Waals surface area (Å²) in [5.74, 6) is -0.125. The largest absolute Gasteiger partial charge is 0.383 e. The van der Waals surface area contributed by atoms with Crippen molar-refractivity contribution in [3.8, 4) is 0 Å². The Balaban J connectivity index is 3.10. The van der Waals surface area contributed by atoms with Crippen LogP contribution in [0.15, 0.2) is 0 Å². The molecule has 0 aromatic rings. The van der Waals surface area contributed by atoms with Crippen molar-refractivity contribution in [3.05, 3.63) is 0 Å². The van der Waals surface area contributed by atoms with Gasteiger partial charge in [-0.05, 0) is 0 Å². The van der Waals surface area contributed by atoms with Crippen molar-refractivity contribution in [3.63, 3.8) is 0 Å². The maximum atomic E-state index is 11.0. The number of hydrogen-bond acceptors (Lipinski definition) is 5. The summed E-state index contributed by atoms with van der Waals surface area (Å²) in [4.78, 5) is 15.9. The molecule has 6 heteroatoms. The molecule has 0 spiro atoms. The summed E-state index contributed by atoms with van der Waals surface area (Å²) in [6.45, 7) is 2.07. The molecule has 0 saturated heterocycles. The number of amides is 1. The standard InChI is InChI=1S/C8H18N2O4/c1-12-4-3-9-8(11)7-10-14-6-5-13-2/h10H,3-7H2,1-2H3,(H,9,11). The first kappa shape index (κ1) is 13.3. The number of rotatable bonds is 9.